The number of aliphatic imine (C=N–C) groups is 1. The van der Waals surface area contributed by atoms with Gasteiger partial charge in [0.25, 0.3) is 0 Å². The summed E-state index contributed by atoms with van der Waals surface area (Å²) in [5, 5.41) is 6.79. The summed E-state index contributed by atoms with van der Waals surface area (Å²) in [6.45, 7) is 14.2. The van der Waals surface area contributed by atoms with Crippen LogP contribution in [0.25, 0.3) is 0 Å². The Morgan fingerprint density at radius 2 is 1.72 bits per heavy atom. The number of hydrogen-bond acceptors (Lipinski definition) is 5. The molecular weight excluding hydrogens is 402 g/mol. The lowest BCUT2D eigenvalue weighted by molar-refractivity contribution is 0.0203. The average Bonchev–Trinajstić information content (AvgIpc) is 2.85. The lowest BCUT2D eigenvalue weighted by atomic mass is 10.0. The maximum absolute atomic E-state index is 5.83. The Balaban J connectivity index is 1.26. The van der Waals surface area contributed by atoms with Crippen molar-refractivity contribution in [1.82, 2.24) is 20.4 Å². The van der Waals surface area contributed by atoms with Crippen LogP contribution in [0.15, 0.2) is 29.3 Å². The van der Waals surface area contributed by atoms with Gasteiger partial charge in [0.15, 0.2) is 5.96 Å². The highest BCUT2D eigenvalue weighted by Gasteiger charge is 2.15. The number of piperazine rings is 1. The van der Waals surface area contributed by atoms with E-state index in [-0.39, 0.29) is 0 Å². The monoisotopic (exact) mass is 445 g/mol. The number of guanidine groups is 1. The fourth-order valence-corrected chi connectivity index (χ4v) is 4.23. The Hall–Kier alpha value is -1.67. The minimum absolute atomic E-state index is 0.670. The van der Waals surface area contributed by atoms with Crippen LogP contribution in [0.2, 0.25) is 0 Å². The number of likely N-dealkylation sites (N-methyl/N-ethyl adjacent to an activating group) is 1. The van der Waals surface area contributed by atoms with Crippen LogP contribution < -0.4 is 10.6 Å². The van der Waals surface area contributed by atoms with Gasteiger partial charge in [-0.25, -0.2) is 0 Å². The van der Waals surface area contributed by atoms with E-state index in [0.717, 1.165) is 77.8 Å². The first-order chi connectivity index (χ1) is 15.8. The summed E-state index contributed by atoms with van der Waals surface area (Å²) in [6, 6.07) is 8.97. The summed E-state index contributed by atoms with van der Waals surface area (Å²) in [5.41, 5.74) is 2.66. The Morgan fingerprint density at radius 3 is 2.41 bits per heavy atom. The molecule has 2 fully saturated rings. The van der Waals surface area contributed by atoms with E-state index in [1.807, 2.05) is 7.05 Å². The predicted molar refractivity (Wildman–Crippen MR) is 131 cm³/mol. The number of benzene rings is 1. The van der Waals surface area contributed by atoms with Crippen molar-refractivity contribution in [1.29, 1.82) is 0 Å². The molecular formula is C25H43N5O2. The number of nitrogens with one attached hydrogen (secondary N) is 2. The summed E-state index contributed by atoms with van der Waals surface area (Å²) < 4.78 is 11.2. The van der Waals surface area contributed by atoms with Crippen molar-refractivity contribution < 1.29 is 9.47 Å². The standard InChI is InChI=1S/C25H43N5O2/c1-3-29-12-14-30(15-13-29)20-23-7-5-22(6-8-23)19-28-25(26-2)27-11-4-16-32-21-24-9-17-31-18-10-24/h5-8,24H,3-4,9-21H2,1-2H3,(H2,26,27,28). The molecule has 1 aromatic rings. The topological polar surface area (TPSA) is 61.4 Å². The second-order valence-electron chi connectivity index (χ2n) is 8.86. The van der Waals surface area contributed by atoms with Crippen molar-refractivity contribution in [2.75, 3.05) is 72.7 Å². The summed E-state index contributed by atoms with van der Waals surface area (Å²) in [5.74, 6) is 1.51. The smallest absolute Gasteiger partial charge is 0.191 e. The highest BCUT2D eigenvalue weighted by Crippen LogP contribution is 2.14. The Morgan fingerprint density at radius 1 is 1.03 bits per heavy atom. The lowest BCUT2D eigenvalue weighted by Gasteiger charge is -2.34. The molecule has 180 valence electrons. The van der Waals surface area contributed by atoms with Crippen molar-refractivity contribution in [2.45, 2.75) is 39.3 Å². The third-order valence-corrected chi connectivity index (χ3v) is 6.48. The minimum atomic E-state index is 0.670. The van der Waals surface area contributed by atoms with Crippen LogP contribution in [0.1, 0.15) is 37.3 Å². The molecule has 0 saturated carbocycles. The van der Waals surface area contributed by atoms with Gasteiger partial charge in [0.1, 0.15) is 0 Å². The highest BCUT2D eigenvalue weighted by atomic mass is 16.5. The predicted octanol–water partition coefficient (Wildman–Crippen LogP) is 2.32. The molecule has 2 aliphatic rings. The van der Waals surface area contributed by atoms with Crippen LogP contribution in [0.4, 0.5) is 0 Å². The molecule has 0 atom stereocenters. The highest BCUT2D eigenvalue weighted by molar-refractivity contribution is 5.79. The maximum atomic E-state index is 5.83. The molecule has 2 aliphatic heterocycles. The first kappa shape index (κ1) is 25.0. The van der Waals surface area contributed by atoms with Gasteiger partial charge in [0.05, 0.1) is 0 Å². The maximum Gasteiger partial charge on any atom is 0.191 e. The van der Waals surface area contributed by atoms with Gasteiger partial charge in [-0.15, -0.1) is 0 Å². The summed E-state index contributed by atoms with van der Waals surface area (Å²) in [7, 11) is 1.82. The molecule has 1 aromatic carbocycles. The third-order valence-electron chi connectivity index (χ3n) is 6.48. The van der Waals surface area contributed by atoms with Crippen molar-refractivity contribution in [3.63, 3.8) is 0 Å². The van der Waals surface area contributed by atoms with E-state index in [9.17, 15) is 0 Å². The van der Waals surface area contributed by atoms with E-state index in [4.69, 9.17) is 9.47 Å². The van der Waals surface area contributed by atoms with E-state index >= 15 is 0 Å². The molecule has 0 aromatic heterocycles. The van der Waals surface area contributed by atoms with E-state index in [1.54, 1.807) is 0 Å². The van der Waals surface area contributed by atoms with Crippen LogP contribution in [0, 0.1) is 5.92 Å². The van der Waals surface area contributed by atoms with Gasteiger partial charge in [-0.3, -0.25) is 9.89 Å². The second-order valence-corrected chi connectivity index (χ2v) is 8.86. The summed E-state index contributed by atoms with van der Waals surface area (Å²) in [4.78, 5) is 9.41. The van der Waals surface area contributed by atoms with Gasteiger partial charge in [-0.05, 0) is 42.9 Å². The molecule has 0 radical (unpaired) electrons. The van der Waals surface area contributed by atoms with Gasteiger partial charge in [0, 0.05) is 79.3 Å². The van der Waals surface area contributed by atoms with Gasteiger partial charge < -0.3 is 25.0 Å². The normalized spacial score (nSPS) is 19.2. The van der Waals surface area contributed by atoms with E-state index < -0.39 is 0 Å². The molecule has 0 unspecified atom stereocenters. The van der Waals surface area contributed by atoms with Crippen molar-refractivity contribution >= 4 is 5.96 Å². The largest absolute Gasteiger partial charge is 0.381 e. The van der Waals surface area contributed by atoms with Crippen LogP contribution >= 0.6 is 0 Å². The Kier molecular flexibility index (Phi) is 11.3. The number of ether oxygens (including phenoxy) is 2. The zero-order valence-corrected chi connectivity index (χ0v) is 20.2. The average molecular weight is 446 g/mol. The quantitative estimate of drug-likeness (QED) is 0.310. The van der Waals surface area contributed by atoms with Gasteiger partial charge in [-0.2, -0.15) is 0 Å². The van der Waals surface area contributed by atoms with E-state index in [1.165, 1.54) is 37.3 Å². The van der Waals surface area contributed by atoms with E-state index in [0.29, 0.717) is 5.92 Å². The van der Waals surface area contributed by atoms with Crippen LogP contribution in [-0.4, -0.2) is 88.5 Å². The molecule has 3 rings (SSSR count). The molecule has 0 bridgehead atoms. The second kappa shape index (κ2) is 14.5. The fourth-order valence-electron chi connectivity index (χ4n) is 4.23. The number of nitrogens with zero attached hydrogens (tertiary/aromatic N) is 3. The molecule has 2 heterocycles. The zero-order valence-electron chi connectivity index (χ0n) is 20.2. The molecule has 0 spiro atoms. The molecule has 2 N–H and O–H groups in total. The number of rotatable bonds is 11. The lowest BCUT2D eigenvalue weighted by Crippen LogP contribution is -2.45. The molecule has 0 amide bonds. The van der Waals surface area contributed by atoms with Gasteiger partial charge in [-0.1, -0.05) is 31.2 Å². The first-order valence-electron chi connectivity index (χ1n) is 12.4. The molecule has 2 saturated heterocycles. The number of hydrogen-bond donors (Lipinski definition) is 2. The molecule has 32 heavy (non-hydrogen) atoms. The van der Waals surface area contributed by atoms with Crippen LogP contribution in [0.3, 0.4) is 0 Å². The van der Waals surface area contributed by atoms with Gasteiger partial charge in [0.2, 0.25) is 0 Å². The Labute approximate surface area is 194 Å². The summed E-state index contributed by atoms with van der Waals surface area (Å²) >= 11 is 0. The summed E-state index contributed by atoms with van der Waals surface area (Å²) in [6.07, 6.45) is 3.24. The molecule has 0 aliphatic carbocycles. The SMILES string of the molecule is CCN1CCN(Cc2ccc(CNC(=NC)NCCCOCC3CCOCC3)cc2)CC1. The van der Waals surface area contributed by atoms with Crippen molar-refractivity contribution in [2.24, 2.45) is 10.9 Å². The third kappa shape index (κ3) is 9.06. The van der Waals surface area contributed by atoms with Crippen LogP contribution in [-0.2, 0) is 22.6 Å². The van der Waals surface area contributed by atoms with E-state index in [2.05, 4.69) is 56.6 Å². The zero-order chi connectivity index (χ0) is 22.4. The Bertz CT molecular complexity index is 653. The first-order valence-corrected chi connectivity index (χ1v) is 12.4. The fraction of sp³-hybridized carbons (Fsp3) is 0.720. The van der Waals surface area contributed by atoms with Crippen molar-refractivity contribution in [3.05, 3.63) is 35.4 Å². The van der Waals surface area contributed by atoms with Crippen LogP contribution in [0.5, 0.6) is 0 Å². The molecule has 7 nitrogen and oxygen atoms in total. The minimum Gasteiger partial charge on any atom is -0.381 e. The molecule has 7 heteroatoms. The van der Waals surface area contributed by atoms with Crippen molar-refractivity contribution in [3.8, 4) is 0 Å². The van der Waals surface area contributed by atoms with Gasteiger partial charge >= 0.3 is 0 Å².